The lowest BCUT2D eigenvalue weighted by atomic mass is 10.1. The number of Topliss-reactive ketones (excluding diaryl/α,β-unsaturated/α-hetero) is 1. The molecule has 1 aromatic carbocycles. The van der Waals surface area contributed by atoms with Gasteiger partial charge in [-0.15, -0.1) is 12.4 Å². The van der Waals surface area contributed by atoms with E-state index >= 15 is 0 Å². The Morgan fingerprint density at radius 2 is 1.74 bits per heavy atom. The molecule has 0 radical (unpaired) electrons. The summed E-state index contributed by atoms with van der Waals surface area (Å²) in [7, 11) is -3.58. The van der Waals surface area contributed by atoms with E-state index in [1.807, 2.05) is 0 Å². The molecule has 0 amide bonds. The molecule has 7 heteroatoms. The van der Waals surface area contributed by atoms with E-state index in [0.29, 0.717) is 5.56 Å². The van der Waals surface area contributed by atoms with Crippen molar-refractivity contribution in [2.75, 3.05) is 6.54 Å². The zero-order valence-electron chi connectivity index (χ0n) is 11.1. The Hall–Kier alpha value is -0.950. The van der Waals surface area contributed by atoms with Crippen molar-refractivity contribution in [3.05, 3.63) is 29.8 Å². The Bertz CT molecular complexity index is 533. The van der Waals surface area contributed by atoms with Gasteiger partial charge in [0.05, 0.1) is 4.90 Å². The van der Waals surface area contributed by atoms with E-state index in [0.717, 1.165) is 0 Å². The predicted molar refractivity (Wildman–Crippen MR) is 77.1 cm³/mol. The second-order valence-electron chi connectivity index (χ2n) is 4.89. The van der Waals surface area contributed by atoms with Gasteiger partial charge in [-0.25, -0.2) is 13.1 Å². The number of hydrogen-bond acceptors (Lipinski definition) is 4. The Morgan fingerprint density at radius 1 is 1.26 bits per heavy atom. The number of halogens is 1. The van der Waals surface area contributed by atoms with Gasteiger partial charge in [-0.1, -0.05) is 12.1 Å². The number of carbonyl (C=O) groups excluding carboxylic acids is 1. The maximum atomic E-state index is 11.9. The molecule has 0 aliphatic rings. The Morgan fingerprint density at radius 3 is 2.11 bits per heavy atom. The summed E-state index contributed by atoms with van der Waals surface area (Å²) in [4.78, 5) is 11.2. The summed E-state index contributed by atoms with van der Waals surface area (Å²) in [6, 6.07) is 5.79. The molecule has 0 saturated carbocycles. The predicted octanol–water partition coefficient (Wildman–Crippen LogP) is 1.33. The third kappa shape index (κ3) is 5.69. The lowest BCUT2D eigenvalue weighted by Crippen LogP contribution is -2.45. The minimum atomic E-state index is -3.58. The van der Waals surface area contributed by atoms with Gasteiger partial charge in [-0.2, -0.15) is 0 Å². The molecular formula is C12H19ClN2O3S. The van der Waals surface area contributed by atoms with Gasteiger partial charge in [-0.3, -0.25) is 4.79 Å². The lowest BCUT2D eigenvalue weighted by molar-refractivity contribution is 0.101. The molecule has 1 rings (SSSR count). The van der Waals surface area contributed by atoms with Crippen LogP contribution in [0.5, 0.6) is 0 Å². The van der Waals surface area contributed by atoms with Crippen LogP contribution in [0.15, 0.2) is 29.2 Å². The Balaban J connectivity index is 0.00000324. The van der Waals surface area contributed by atoms with E-state index in [1.54, 1.807) is 13.8 Å². The fraction of sp³-hybridized carbons (Fsp3) is 0.417. The van der Waals surface area contributed by atoms with Crippen LogP contribution in [0.1, 0.15) is 31.1 Å². The van der Waals surface area contributed by atoms with Crippen LogP contribution in [0, 0.1) is 0 Å². The molecule has 0 aliphatic heterocycles. The number of carbonyl (C=O) groups is 1. The molecule has 0 atom stereocenters. The first kappa shape index (κ1) is 18.0. The standard InChI is InChI=1S/C12H18N2O3S.ClH/c1-9(15)10-4-6-11(7-5-10)18(16,17)14-8-12(2,3)13;/h4-7,14H,8,13H2,1-3H3;1H. The van der Waals surface area contributed by atoms with Crippen molar-refractivity contribution < 1.29 is 13.2 Å². The van der Waals surface area contributed by atoms with Crippen LogP contribution < -0.4 is 10.5 Å². The summed E-state index contributed by atoms with van der Waals surface area (Å²) in [6.45, 7) is 5.03. The monoisotopic (exact) mass is 306 g/mol. The highest BCUT2D eigenvalue weighted by atomic mass is 35.5. The first-order valence-electron chi connectivity index (χ1n) is 5.51. The van der Waals surface area contributed by atoms with Gasteiger partial charge < -0.3 is 5.73 Å². The van der Waals surface area contributed by atoms with Crippen molar-refractivity contribution in [1.82, 2.24) is 4.72 Å². The topological polar surface area (TPSA) is 89.3 Å². The van der Waals surface area contributed by atoms with Crippen LogP contribution in [-0.2, 0) is 10.0 Å². The largest absolute Gasteiger partial charge is 0.324 e. The van der Waals surface area contributed by atoms with Gasteiger partial charge in [0.1, 0.15) is 0 Å². The molecule has 3 N–H and O–H groups in total. The van der Waals surface area contributed by atoms with E-state index < -0.39 is 15.6 Å². The minimum absolute atomic E-state index is 0. The number of hydrogen-bond donors (Lipinski definition) is 2. The van der Waals surface area contributed by atoms with Crippen LogP contribution in [0.4, 0.5) is 0 Å². The molecule has 0 unspecified atom stereocenters. The summed E-state index contributed by atoms with van der Waals surface area (Å²) in [5.74, 6) is -0.102. The molecule has 19 heavy (non-hydrogen) atoms. The summed E-state index contributed by atoms with van der Waals surface area (Å²) in [5, 5.41) is 0. The fourth-order valence-corrected chi connectivity index (χ4v) is 2.46. The van der Waals surface area contributed by atoms with Gasteiger partial charge in [0.25, 0.3) is 0 Å². The molecule has 0 spiro atoms. The van der Waals surface area contributed by atoms with Crippen LogP contribution >= 0.6 is 12.4 Å². The normalized spacial score (nSPS) is 11.8. The van der Waals surface area contributed by atoms with Crippen molar-refractivity contribution in [1.29, 1.82) is 0 Å². The SMILES string of the molecule is CC(=O)c1ccc(S(=O)(=O)NCC(C)(C)N)cc1.Cl. The molecule has 0 fully saturated rings. The van der Waals surface area contributed by atoms with Gasteiger partial charge in [0.2, 0.25) is 10.0 Å². The average molecular weight is 307 g/mol. The zero-order chi connectivity index (χ0) is 14.0. The molecule has 0 heterocycles. The van der Waals surface area contributed by atoms with Crippen LogP contribution in [-0.4, -0.2) is 26.3 Å². The number of ketones is 1. The summed E-state index contributed by atoms with van der Waals surface area (Å²) in [5.41, 5.74) is 5.57. The molecule has 108 valence electrons. The number of nitrogens with one attached hydrogen (secondary N) is 1. The average Bonchev–Trinajstić information content (AvgIpc) is 2.26. The Labute approximate surface area is 120 Å². The Kier molecular flexibility index (Phi) is 6.15. The maximum Gasteiger partial charge on any atom is 0.240 e. The number of sulfonamides is 1. The van der Waals surface area contributed by atoms with Crippen LogP contribution in [0.3, 0.4) is 0 Å². The van der Waals surface area contributed by atoms with Gasteiger partial charge in [0.15, 0.2) is 5.78 Å². The molecule has 0 aromatic heterocycles. The van der Waals surface area contributed by atoms with E-state index in [9.17, 15) is 13.2 Å². The first-order valence-corrected chi connectivity index (χ1v) is 7.00. The highest BCUT2D eigenvalue weighted by Gasteiger charge is 2.18. The smallest absolute Gasteiger partial charge is 0.240 e. The van der Waals surface area contributed by atoms with Crippen molar-refractivity contribution in [2.24, 2.45) is 5.73 Å². The highest BCUT2D eigenvalue weighted by Crippen LogP contribution is 2.11. The molecule has 0 bridgehead atoms. The van der Waals surface area contributed by atoms with E-state index in [2.05, 4.69) is 4.72 Å². The third-order valence-corrected chi connectivity index (χ3v) is 3.71. The van der Waals surface area contributed by atoms with Crippen molar-refractivity contribution in [3.63, 3.8) is 0 Å². The lowest BCUT2D eigenvalue weighted by Gasteiger charge is -2.18. The minimum Gasteiger partial charge on any atom is -0.324 e. The molecule has 5 nitrogen and oxygen atoms in total. The third-order valence-electron chi connectivity index (χ3n) is 2.29. The number of nitrogens with two attached hydrogens (primary N) is 1. The van der Waals surface area contributed by atoms with Gasteiger partial charge in [0, 0.05) is 17.6 Å². The molecule has 0 saturated heterocycles. The molecular weight excluding hydrogens is 288 g/mol. The van der Waals surface area contributed by atoms with Crippen molar-refractivity contribution >= 4 is 28.2 Å². The zero-order valence-corrected chi connectivity index (χ0v) is 12.8. The quantitative estimate of drug-likeness (QED) is 0.803. The molecule has 0 aliphatic carbocycles. The van der Waals surface area contributed by atoms with Gasteiger partial charge >= 0.3 is 0 Å². The summed E-state index contributed by atoms with van der Waals surface area (Å²) >= 11 is 0. The van der Waals surface area contributed by atoms with Crippen molar-refractivity contribution in [2.45, 2.75) is 31.2 Å². The van der Waals surface area contributed by atoms with E-state index in [4.69, 9.17) is 5.73 Å². The van der Waals surface area contributed by atoms with E-state index in [-0.39, 0.29) is 29.6 Å². The first-order chi connectivity index (χ1) is 8.12. The maximum absolute atomic E-state index is 11.9. The van der Waals surface area contributed by atoms with Gasteiger partial charge in [-0.05, 0) is 32.9 Å². The number of rotatable bonds is 5. The second-order valence-corrected chi connectivity index (χ2v) is 6.66. The van der Waals surface area contributed by atoms with Crippen LogP contribution in [0.25, 0.3) is 0 Å². The van der Waals surface area contributed by atoms with E-state index in [1.165, 1.54) is 31.2 Å². The van der Waals surface area contributed by atoms with Crippen molar-refractivity contribution in [3.8, 4) is 0 Å². The summed E-state index contributed by atoms with van der Waals surface area (Å²) in [6.07, 6.45) is 0. The second kappa shape index (κ2) is 6.47. The molecule has 1 aromatic rings. The van der Waals surface area contributed by atoms with Crippen LogP contribution in [0.2, 0.25) is 0 Å². The summed E-state index contributed by atoms with van der Waals surface area (Å²) < 4.78 is 26.2. The highest BCUT2D eigenvalue weighted by molar-refractivity contribution is 7.89. The fourth-order valence-electron chi connectivity index (χ4n) is 1.23. The number of benzene rings is 1.